The number of aliphatic hydroxyl groups excluding tert-OH is 1. The van der Waals surface area contributed by atoms with Gasteiger partial charge in [0.25, 0.3) is 5.91 Å². The number of nitrogens with one attached hydrogen (secondary N) is 1. The van der Waals surface area contributed by atoms with E-state index in [2.05, 4.69) is 5.32 Å². The quantitative estimate of drug-likeness (QED) is 0.278. The predicted molar refractivity (Wildman–Crippen MR) is 169 cm³/mol. The molecular weight excluding hydrogens is 644 g/mol. The number of fused-ring (bicyclic) bond motifs is 1. The fourth-order valence-electron chi connectivity index (χ4n) is 5.42. The molecule has 2 amide bonds. The van der Waals surface area contributed by atoms with E-state index in [0.717, 1.165) is 25.0 Å². The zero-order valence-electron chi connectivity index (χ0n) is 27.7. The molecule has 0 aromatic heterocycles. The molecular formula is C34H45F6N3O5. The van der Waals surface area contributed by atoms with Gasteiger partial charge in [-0.3, -0.25) is 14.5 Å². The lowest BCUT2D eigenvalue weighted by Gasteiger charge is -2.36. The molecule has 2 aromatic rings. The van der Waals surface area contributed by atoms with Crippen LogP contribution in [0.5, 0.6) is 5.75 Å². The fraction of sp³-hybridized carbons (Fsp3) is 0.588. The molecule has 48 heavy (non-hydrogen) atoms. The Balaban J connectivity index is 1.86. The molecule has 0 unspecified atom stereocenters. The molecule has 0 bridgehead atoms. The van der Waals surface area contributed by atoms with E-state index in [4.69, 9.17) is 9.47 Å². The Hall–Kier alpha value is -3.36. The zero-order chi connectivity index (χ0) is 35.6. The van der Waals surface area contributed by atoms with Gasteiger partial charge in [-0.25, -0.2) is 0 Å². The summed E-state index contributed by atoms with van der Waals surface area (Å²) in [5.41, 5.74) is 0.174. The zero-order valence-corrected chi connectivity index (χ0v) is 27.7. The highest BCUT2D eigenvalue weighted by Crippen LogP contribution is 2.31. The summed E-state index contributed by atoms with van der Waals surface area (Å²) in [5.74, 6) is -1.39. The first-order valence-corrected chi connectivity index (χ1v) is 16.0. The summed E-state index contributed by atoms with van der Waals surface area (Å²) in [4.78, 5) is 29.8. The number of hydrogen-bond acceptors (Lipinski definition) is 6. The van der Waals surface area contributed by atoms with Crippen LogP contribution in [0.15, 0.2) is 42.5 Å². The van der Waals surface area contributed by atoms with Gasteiger partial charge < -0.3 is 24.8 Å². The molecule has 8 nitrogen and oxygen atoms in total. The van der Waals surface area contributed by atoms with Gasteiger partial charge in [0.15, 0.2) is 0 Å². The van der Waals surface area contributed by atoms with Crippen LogP contribution in [-0.4, -0.2) is 84.5 Å². The summed E-state index contributed by atoms with van der Waals surface area (Å²) >= 11 is 0. The minimum absolute atomic E-state index is 0.0805. The van der Waals surface area contributed by atoms with Gasteiger partial charge in [0.05, 0.1) is 42.4 Å². The first-order chi connectivity index (χ1) is 22.5. The number of hydrogen-bond donors (Lipinski definition) is 2. The van der Waals surface area contributed by atoms with Crippen LogP contribution in [0.1, 0.15) is 74.4 Å². The highest BCUT2D eigenvalue weighted by atomic mass is 19.4. The van der Waals surface area contributed by atoms with Crippen molar-refractivity contribution in [3.63, 3.8) is 0 Å². The van der Waals surface area contributed by atoms with Gasteiger partial charge in [-0.2, -0.15) is 26.3 Å². The van der Waals surface area contributed by atoms with Gasteiger partial charge in [-0.15, -0.1) is 0 Å². The maximum atomic E-state index is 14.2. The fourth-order valence-corrected chi connectivity index (χ4v) is 5.42. The minimum atomic E-state index is -4.49. The van der Waals surface area contributed by atoms with Gasteiger partial charge in [0, 0.05) is 44.3 Å². The van der Waals surface area contributed by atoms with Gasteiger partial charge in [0.2, 0.25) is 5.91 Å². The maximum absolute atomic E-state index is 14.2. The lowest BCUT2D eigenvalue weighted by atomic mass is 10.0. The summed E-state index contributed by atoms with van der Waals surface area (Å²) in [7, 11) is 1.83. The van der Waals surface area contributed by atoms with Crippen LogP contribution >= 0.6 is 0 Å². The molecule has 4 atom stereocenters. The first kappa shape index (κ1) is 39.1. The second-order valence-corrected chi connectivity index (χ2v) is 12.6. The number of halogens is 6. The number of rotatable bonds is 9. The Bertz CT molecular complexity index is 1340. The molecule has 0 saturated heterocycles. The second-order valence-electron chi connectivity index (χ2n) is 12.6. The van der Waals surface area contributed by atoms with E-state index >= 15 is 0 Å². The van der Waals surface area contributed by atoms with Crippen LogP contribution in [0.2, 0.25) is 0 Å². The molecule has 0 radical (unpaired) electrons. The number of aliphatic hydroxyl groups is 1. The number of benzene rings is 2. The molecule has 1 aliphatic heterocycles. The topological polar surface area (TPSA) is 91.3 Å². The summed E-state index contributed by atoms with van der Waals surface area (Å²) in [6, 6.07) is 8.66. The molecule has 268 valence electrons. The molecule has 14 heteroatoms. The van der Waals surface area contributed by atoms with E-state index in [1.165, 1.54) is 35.2 Å². The van der Waals surface area contributed by atoms with E-state index in [1.807, 2.05) is 25.8 Å². The largest absolute Gasteiger partial charge is 0.490 e. The van der Waals surface area contributed by atoms with Crippen molar-refractivity contribution in [1.29, 1.82) is 0 Å². The highest BCUT2D eigenvalue weighted by molar-refractivity contribution is 5.99. The molecule has 2 aromatic carbocycles. The first-order valence-electron chi connectivity index (χ1n) is 16.0. The molecule has 0 saturated carbocycles. The van der Waals surface area contributed by atoms with Crippen molar-refractivity contribution in [3.8, 4) is 5.75 Å². The Morgan fingerprint density at radius 1 is 1.08 bits per heavy atom. The molecule has 0 spiro atoms. The molecule has 2 N–H and O–H groups in total. The average Bonchev–Trinajstić information content (AvgIpc) is 3.01. The van der Waals surface area contributed by atoms with Crippen molar-refractivity contribution in [1.82, 2.24) is 9.80 Å². The Morgan fingerprint density at radius 2 is 1.77 bits per heavy atom. The van der Waals surface area contributed by atoms with E-state index < -0.39 is 48.6 Å². The summed E-state index contributed by atoms with van der Waals surface area (Å²) in [6.07, 6.45) is -9.55. The number of likely N-dealkylation sites (N-methyl/N-ethyl adjacent to an activating group) is 1. The normalized spacial score (nSPS) is 20.9. The average molecular weight is 690 g/mol. The van der Waals surface area contributed by atoms with Crippen molar-refractivity contribution >= 4 is 17.5 Å². The van der Waals surface area contributed by atoms with Crippen LogP contribution in [0.25, 0.3) is 0 Å². The molecule has 0 aliphatic carbocycles. The minimum Gasteiger partial charge on any atom is -0.490 e. The van der Waals surface area contributed by atoms with Crippen molar-refractivity contribution in [2.45, 2.75) is 90.0 Å². The number of amides is 2. The SMILES string of the molecule is C[C@@H]1CCCCO[C@H](CN(C)Cc2ccc(C(F)(F)F)cc2)[C@H](C)CN([C@@H](C)CO)C(=O)c2cc(NC(=O)CCC(F)(F)F)ccc2O1. The highest BCUT2D eigenvalue weighted by Gasteiger charge is 2.32. The number of carbonyl (C=O) groups excluding carboxylic acids is 2. The number of carbonyl (C=O) groups is 2. The Labute approximate surface area is 277 Å². The van der Waals surface area contributed by atoms with Crippen LogP contribution < -0.4 is 10.1 Å². The lowest BCUT2D eigenvalue weighted by Crippen LogP contribution is -2.47. The van der Waals surface area contributed by atoms with E-state index in [1.54, 1.807) is 6.92 Å². The number of anilines is 1. The van der Waals surface area contributed by atoms with Gasteiger partial charge >= 0.3 is 12.4 Å². The van der Waals surface area contributed by atoms with E-state index in [9.17, 15) is 41.0 Å². The number of ether oxygens (including phenoxy) is 2. The number of nitrogens with zero attached hydrogens (tertiary/aromatic N) is 2. The van der Waals surface area contributed by atoms with E-state index in [-0.39, 0.29) is 48.3 Å². The molecule has 1 aliphatic rings. The predicted octanol–water partition coefficient (Wildman–Crippen LogP) is 6.91. The van der Waals surface area contributed by atoms with Gasteiger partial charge in [-0.1, -0.05) is 19.1 Å². The smallest absolute Gasteiger partial charge is 0.416 e. The molecule has 1 heterocycles. The van der Waals surface area contributed by atoms with Crippen LogP contribution in [0.3, 0.4) is 0 Å². The standard InChI is InChI=1S/C34H45F6N3O5/c1-22-18-43(23(2)21-44)32(46)28-17-27(41-31(45)14-15-33(35,36)37)12-13-29(28)48-24(3)7-5-6-16-47-30(22)20-42(4)19-25-8-10-26(11-9-25)34(38,39)40/h8-13,17,22-24,30,44H,5-7,14-16,18-21H2,1-4H3,(H,41,45)/t22-,23+,24-,30-/m1/s1. The monoisotopic (exact) mass is 689 g/mol. The van der Waals surface area contributed by atoms with Crippen molar-refractivity contribution < 1.29 is 50.5 Å². The van der Waals surface area contributed by atoms with Crippen LogP contribution in [0, 0.1) is 5.92 Å². The van der Waals surface area contributed by atoms with Crippen molar-refractivity contribution in [2.24, 2.45) is 5.92 Å². The van der Waals surface area contributed by atoms with Gasteiger partial charge in [0.1, 0.15) is 5.75 Å². The molecule has 3 rings (SSSR count). The third-order valence-electron chi connectivity index (χ3n) is 8.20. The second kappa shape index (κ2) is 17.3. The summed E-state index contributed by atoms with van der Waals surface area (Å²) in [5, 5.41) is 12.5. The Kier molecular flexibility index (Phi) is 14.1. The number of alkyl halides is 6. The van der Waals surface area contributed by atoms with Crippen molar-refractivity contribution in [3.05, 3.63) is 59.2 Å². The van der Waals surface area contributed by atoms with Gasteiger partial charge in [-0.05, 0) is 76.1 Å². The third kappa shape index (κ3) is 12.3. The third-order valence-corrected chi connectivity index (χ3v) is 8.20. The summed E-state index contributed by atoms with van der Waals surface area (Å²) < 4.78 is 89.5. The van der Waals surface area contributed by atoms with Crippen molar-refractivity contribution in [2.75, 3.05) is 38.7 Å². The summed E-state index contributed by atoms with van der Waals surface area (Å²) in [6.45, 7) is 6.42. The Morgan fingerprint density at radius 3 is 2.40 bits per heavy atom. The molecule has 0 fully saturated rings. The lowest BCUT2D eigenvalue weighted by molar-refractivity contribution is -0.142. The van der Waals surface area contributed by atoms with E-state index in [0.29, 0.717) is 31.7 Å². The van der Waals surface area contributed by atoms with Crippen LogP contribution in [-0.2, 0) is 22.3 Å². The maximum Gasteiger partial charge on any atom is 0.416 e. The van der Waals surface area contributed by atoms with Crippen LogP contribution in [0.4, 0.5) is 32.0 Å².